The van der Waals surface area contributed by atoms with Crippen molar-refractivity contribution in [2.75, 3.05) is 4.90 Å². The number of nitrogens with zero attached hydrogens (tertiary/aromatic N) is 1. The first-order chi connectivity index (χ1) is 15.7. The Morgan fingerprint density at radius 1 is 0.879 bits per heavy atom. The number of hydrogen-bond donors (Lipinski definition) is 0. The van der Waals surface area contributed by atoms with Crippen molar-refractivity contribution in [1.82, 2.24) is 0 Å². The zero-order valence-corrected chi connectivity index (χ0v) is 18.1. The molecule has 0 aromatic heterocycles. The molecule has 2 atom stereocenters. The van der Waals surface area contributed by atoms with Gasteiger partial charge in [-0.05, 0) is 40.5 Å². The van der Waals surface area contributed by atoms with Gasteiger partial charge >= 0.3 is 6.18 Å². The maximum atomic E-state index is 13.8. The minimum absolute atomic E-state index is 0.0733. The largest absolute Gasteiger partial charge is 0.416 e. The minimum atomic E-state index is -4.63. The third kappa shape index (κ3) is 2.47. The second-order valence-electron chi connectivity index (χ2n) is 9.03. The lowest BCUT2D eigenvalue weighted by atomic mass is 9.48. The van der Waals surface area contributed by atoms with Crippen molar-refractivity contribution in [3.05, 3.63) is 99.6 Å². The van der Waals surface area contributed by atoms with Crippen LogP contribution in [0.4, 0.5) is 18.9 Å². The molecule has 7 heteroatoms. The van der Waals surface area contributed by atoms with E-state index in [1.54, 1.807) is 0 Å². The molecule has 2 amide bonds. The Morgan fingerprint density at radius 3 is 2.03 bits per heavy atom. The molecule has 1 fully saturated rings. The number of alkyl halides is 3. The van der Waals surface area contributed by atoms with Crippen molar-refractivity contribution < 1.29 is 22.8 Å². The van der Waals surface area contributed by atoms with Crippen LogP contribution < -0.4 is 4.90 Å². The third-order valence-electron chi connectivity index (χ3n) is 7.56. The third-order valence-corrected chi connectivity index (χ3v) is 7.88. The van der Waals surface area contributed by atoms with Crippen molar-refractivity contribution >= 4 is 29.1 Å². The molecule has 0 unspecified atom stereocenters. The molecule has 3 aromatic carbocycles. The van der Waals surface area contributed by atoms with Gasteiger partial charge in [-0.2, -0.15) is 13.2 Å². The van der Waals surface area contributed by atoms with Gasteiger partial charge in [0.05, 0.1) is 28.1 Å². The number of imide groups is 1. The molecule has 1 heterocycles. The zero-order chi connectivity index (χ0) is 23.3. The minimum Gasteiger partial charge on any atom is -0.274 e. The number of hydrogen-bond acceptors (Lipinski definition) is 2. The van der Waals surface area contributed by atoms with E-state index in [0.29, 0.717) is 0 Å². The van der Waals surface area contributed by atoms with Crippen molar-refractivity contribution in [2.45, 2.75) is 24.4 Å². The zero-order valence-electron chi connectivity index (χ0n) is 17.4. The van der Waals surface area contributed by atoms with E-state index in [9.17, 15) is 22.8 Å². The van der Waals surface area contributed by atoms with Crippen molar-refractivity contribution in [1.29, 1.82) is 0 Å². The normalized spacial score (nSPS) is 27.4. The quantitative estimate of drug-likeness (QED) is 0.416. The highest BCUT2D eigenvalue weighted by molar-refractivity contribution is 6.36. The van der Waals surface area contributed by atoms with Crippen molar-refractivity contribution in [3.8, 4) is 0 Å². The lowest BCUT2D eigenvalue weighted by Gasteiger charge is -2.52. The van der Waals surface area contributed by atoms with E-state index in [4.69, 9.17) is 11.6 Å². The first-order valence-corrected chi connectivity index (χ1v) is 11.0. The Hall–Kier alpha value is -3.12. The molecule has 0 N–H and O–H groups in total. The molecule has 1 aliphatic heterocycles. The van der Waals surface area contributed by atoms with Crippen LogP contribution in [0.15, 0.2) is 66.7 Å². The molecule has 3 aromatic rings. The average molecular weight is 468 g/mol. The van der Waals surface area contributed by atoms with Gasteiger partial charge in [0.15, 0.2) is 0 Å². The number of halogens is 4. The number of benzene rings is 3. The Morgan fingerprint density at radius 2 is 1.45 bits per heavy atom. The van der Waals surface area contributed by atoms with Crippen LogP contribution in [-0.2, 0) is 21.2 Å². The Balaban J connectivity index is 1.58. The summed E-state index contributed by atoms with van der Waals surface area (Å²) in [4.78, 5) is 28.5. The summed E-state index contributed by atoms with van der Waals surface area (Å²) in [5.41, 5.74) is 1.96. The number of carbonyl (C=O) groups excluding carboxylic acids is 2. The highest BCUT2D eigenvalue weighted by Crippen LogP contribution is 2.64. The van der Waals surface area contributed by atoms with Gasteiger partial charge in [0.25, 0.3) is 0 Å². The van der Waals surface area contributed by atoms with E-state index < -0.39 is 40.8 Å². The molecular formula is C26H17ClF3NO2. The Bertz CT molecular complexity index is 1320. The Labute approximate surface area is 192 Å². The lowest BCUT2D eigenvalue weighted by Crippen LogP contribution is -2.51. The molecular weight excluding hydrogens is 451 g/mol. The highest BCUT2D eigenvalue weighted by Gasteiger charge is 2.66. The standard InChI is InChI=1S/C26H17ClF3NO2/c1-25-16-8-4-2-6-14(16)20(15-7-3-5-9-17(15)25)21-22(25)24(33)31(23(21)32)19-12-13(26(28,29)30)10-11-18(19)27/h2-12,20-22H,1H3/t20?,21-,22+,25?/m0/s1. The fraction of sp³-hybridized carbons (Fsp3) is 0.231. The summed E-state index contributed by atoms with van der Waals surface area (Å²) in [6.07, 6.45) is -4.63. The maximum absolute atomic E-state index is 13.8. The van der Waals surface area contributed by atoms with Crippen LogP contribution in [0.25, 0.3) is 0 Å². The van der Waals surface area contributed by atoms with Crippen LogP contribution >= 0.6 is 11.6 Å². The predicted molar refractivity (Wildman–Crippen MR) is 117 cm³/mol. The van der Waals surface area contributed by atoms with Gasteiger partial charge < -0.3 is 0 Å². The smallest absolute Gasteiger partial charge is 0.274 e. The maximum Gasteiger partial charge on any atom is 0.416 e. The molecule has 7 rings (SSSR count). The van der Waals surface area contributed by atoms with Gasteiger partial charge in [0.2, 0.25) is 11.8 Å². The van der Waals surface area contributed by atoms with Gasteiger partial charge in [-0.25, -0.2) is 4.90 Å². The summed E-state index contributed by atoms with van der Waals surface area (Å²) in [5.74, 6) is -2.81. The van der Waals surface area contributed by atoms with Gasteiger partial charge in [-0.1, -0.05) is 67.1 Å². The molecule has 3 aliphatic carbocycles. The summed E-state index contributed by atoms with van der Waals surface area (Å²) in [5, 5.41) is -0.0733. The molecule has 4 aliphatic rings. The molecule has 3 nitrogen and oxygen atoms in total. The summed E-state index contributed by atoms with van der Waals surface area (Å²) in [6.45, 7) is 1.96. The number of amides is 2. The van der Waals surface area contributed by atoms with Gasteiger partial charge in [-0.3, -0.25) is 9.59 Å². The molecule has 0 spiro atoms. The predicted octanol–water partition coefficient (Wildman–Crippen LogP) is 5.93. The number of anilines is 1. The van der Waals surface area contributed by atoms with E-state index in [0.717, 1.165) is 45.4 Å². The molecule has 2 bridgehead atoms. The summed E-state index contributed by atoms with van der Waals surface area (Å²) < 4.78 is 40.2. The number of carbonyl (C=O) groups is 2. The number of rotatable bonds is 1. The lowest BCUT2D eigenvalue weighted by molar-refractivity contribution is -0.137. The fourth-order valence-electron chi connectivity index (χ4n) is 6.25. The topological polar surface area (TPSA) is 37.4 Å². The van der Waals surface area contributed by atoms with E-state index >= 15 is 0 Å². The second-order valence-corrected chi connectivity index (χ2v) is 9.44. The van der Waals surface area contributed by atoms with Gasteiger partial charge in [0.1, 0.15) is 0 Å². The summed E-state index contributed by atoms with van der Waals surface area (Å²) in [6, 6.07) is 18.3. The van der Waals surface area contributed by atoms with E-state index in [2.05, 4.69) is 0 Å². The van der Waals surface area contributed by atoms with Crippen LogP contribution in [0.5, 0.6) is 0 Å². The molecule has 0 radical (unpaired) electrons. The van der Waals surface area contributed by atoms with Crippen LogP contribution in [-0.4, -0.2) is 11.8 Å². The van der Waals surface area contributed by atoms with Crippen LogP contribution in [0.3, 0.4) is 0 Å². The van der Waals surface area contributed by atoms with Crippen LogP contribution in [0, 0.1) is 11.8 Å². The van der Waals surface area contributed by atoms with Crippen molar-refractivity contribution in [3.63, 3.8) is 0 Å². The van der Waals surface area contributed by atoms with Crippen LogP contribution in [0.1, 0.15) is 40.7 Å². The van der Waals surface area contributed by atoms with Gasteiger partial charge in [-0.15, -0.1) is 0 Å². The molecule has 166 valence electrons. The fourth-order valence-corrected chi connectivity index (χ4v) is 6.45. The monoisotopic (exact) mass is 467 g/mol. The van der Waals surface area contributed by atoms with Crippen molar-refractivity contribution in [2.24, 2.45) is 11.8 Å². The SMILES string of the molecule is CC12c3ccccc3C(c3ccccc31)[C@@H]1C(=O)N(c3cc(C(F)(F)F)ccc3Cl)C(=O)[C@@H]12. The average Bonchev–Trinajstić information content (AvgIpc) is 3.05. The highest BCUT2D eigenvalue weighted by atomic mass is 35.5. The first kappa shape index (κ1) is 20.5. The van der Waals surface area contributed by atoms with Gasteiger partial charge in [0, 0.05) is 11.3 Å². The van der Waals surface area contributed by atoms with Crippen LogP contribution in [0.2, 0.25) is 5.02 Å². The summed E-state index contributed by atoms with van der Waals surface area (Å²) in [7, 11) is 0. The summed E-state index contributed by atoms with van der Waals surface area (Å²) >= 11 is 6.24. The first-order valence-electron chi connectivity index (χ1n) is 10.6. The van der Waals surface area contributed by atoms with E-state index in [1.807, 2.05) is 55.5 Å². The van der Waals surface area contributed by atoms with E-state index in [-0.39, 0.29) is 16.6 Å². The molecule has 33 heavy (non-hydrogen) atoms. The second kappa shape index (κ2) is 6.48. The van der Waals surface area contributed by atoms with E-state index in [1.165, 1.54) is 0 Å². The molecule has 0 saturated carbocycles. The molecule has 1 saturated heterocycles. The Kier molecular flexibility index (Phi) is 4.02.